The molecule has 1 atom stereocenters. The van der Waals surface area contributed by atoms with Gasteiger partial charge in [0.1, 0.15) is 11.6 Å². The smallest absolute Gasteiger partial charge is 0.124 e. The second kappa shape index (κ2) is 5.11. The molecule has 0 bridgehead atoms. The third-order valence-electron chi connectivity index (χ3n) is 3.15. The summed E-state index contributed by atoms with van der Waals surface area (Å²) in [6.45, 7) is 0. The molecule has 0 spiro atoms. The zero-order valence-electron chi connectivity index (χ0n) is 10.5. The summed E-state index contributed by atoms with van der Waals surface area (Å²) >= 11 is 1.62. The van der Waals surface area contributed by atoms with Crippen LogP contribution in [-0.4, -0.2) is 17.0 Å². The Morgan fingerprint density at radius 1 is 1.42 bits per heavy atom. The van der Waals surface area contributed by atoms with Crippen molar-refractivity contribution in [3.8, 4) is 0 Å². The number of hydrogen-bond acceptors (Lipinski definition) is 3. The summed E-state index contributed by atoms with van der Waals surface area (Å²) in [4.78, 5) is 8.55. The average Bonchev–Trinajstić information content (AvgIpc) is 3.03. The van der Waals surface area contributed by atoms with Crippen LogP contribution in [0.3, 0.4) is 0 Å². The topological polar surface area (TPSA) is 40.7 Å². The van der Waals surface area contributed by atoms with Crippen LogP contribution >= 0.6 is 11.3 Å². The van der Waals surface area contributed by atoms with Crippen LogP contribution in [0.5, 0.6) is 0 Å². The lowest BCUT2D eigenvalue weighted by Gasteiger charge is -2.12. The zero-order chi connectivity index (χ0) is 13.2. The number of nitrogens with one attached hydrogen (secondary N) is 2. The minimum Gasteiger partial charge on any atom is -0.349 e. The van der Waals surface area contributed by atoms with Crippen LogP contribution in [0.25, 0.3) is 10.1 Å². The van der Waals surface area contributed by atoms with Crippen LogP contribution in [0.1, 0.15) is 16.7 Å². The van der Waals surface area contributed by atoms with Crippen LogP contribution in [0.2, 0.25) is 0 Å². The first-order valence-electron chi connectivity index (χ1n) is 6.11. The van der Waals surface area contributed by atoms with Crippen molar-refractivity contribution in [2.24, 2.45) is 0 Å². The Morgan fingerprint density at radius 3 is 3.05 bits per heavy atom. The van der Waals surface area contributed by atoms with E-state index in [1.807, 2.05) is 19.3 Å². The summed E-state index contributed by atoms with van der Waals surface area (Å²) < 4.78 is 14.2. The summed E-state index contributed by atoms with van der Waals surface area (Å²) in [5.74, 6) is 0.760. The Labute approximate surface area is 114 Å². The molecule has 0 fully saturated rings. The van der Waals surface area contributed by atoms with Gasteiger partial charge in [-0.05, 0) is 30.6 Å². The van der Waals surface area contributed by atoms with Crippen molar-refractivity contribution in [3.63, 3.8) is 0 Å². The normalized spacial score (nSPS) is 12.9. The maximum atomic E-state index is 13.2. The largest absolute Gasteiger partial charge is 0.349 e. The minimum absolute atomic E-state index is 0.187. The highest BCUT2D eigenvalue weighted by Crippen LogP contribution is 2.31. The van der Waals surface area contributed by atoms with Gasteiger partial charge in [0, 0.05) is 34.4 Å². The fourth-order valence-corrected chi connectivity index (χ4v) is 3.34. The number of fused-ring (bicyclic) bond motifs is 1. The molecule has 2 N–H and O–H groups in total. The van der Waals surface area contributed by atoms with Crippen LogP contribution in [-0.2, 0) is 6.42 Å². The molecule has 0 radical (unpaired) electrons. The molecule has 1 unspecified atom stereocenters. The third-order valence-corrected chi connectivity index (χ3v) is 4.36. The summed E-state index contributed by atoms with van der Waals surface area (Å²) in [6, 6.07) is 7.21. The molecule has 0 saturated heterocycles. The standard InChI is InChI=1S/C14H14FN3S/c1-16-11(8-14-17-4-5-18-14)13-6-9-2-3-10(15)7-12(9)19-13/h2-7,11,16H,8H2,1H3,(H,17,18). The monoisotopic (exact) mass is 275 g/mol. The quantitative estimate of drug-likeness (QED) is 0.767. The van der Waals surface area contributed by atoms with Crippen molar-refractivity contribution < 1.29 is 4.39 Å². The van der Waals surface area contributed by atoms with Gasteiger partial charge in [0.15, 0.2) is 0 Å². The fraction of sp³-hybridized carbons (Fsp3) is 0.214. The highest BCUT2D eigenvalue weighted by Gasteiger charge is 2.14. The molecule has 5 heteroatoms. The van der Waals surface area contributed by atoms with E-state index >= 15 is 0 Å². The predicted octanol–water partition coefficient (Wildman–Crippen LogP) is 3.27. The number of hydrogen-bond donors (Lipinski definition) is 2. The Morgan fingerprint density at radius 2 is 2.32 bits per heavy atom. The van der Waals surface area contributed by atoms with Gasteiger partial charge in [-0.15, -0.1) is 11.3 Å². The Hall–Kier alpha value is -1.72. The molecule has 98 valence electrons. The van der Waals surface area contributed by atoms with Crippen LogP contribution in [0, 0.1) is 5.82 Å². The van der Waals surface area contributed by atoms with Crippen molar-refractivity contribution in [3.05, 3.63) is 53.2 Å². The second-order valence-corrected chi connectivity index (χ2v) is 5.53. The number of benzene rings is 1. The number of halogens is 1. The molecule has 0 aliphatic heterocycles. The molecule has 19 heavy (non-hydrogen) atoms. The number of H-pyrrole nitrogens is 1. The summed E-state index contributed by atoms with van der Waals surface area (Å²) in [6.07, 6.45) is 4.36. The van der Waals surface area contributed by atoms with Crippen LogP contribution < -0.4 is 5.32 Å². The lowest BCUT2D eigenvalue weighted by Crippen LogP contribution is -2.18. The number of aromatic amines is 1. The van der Waals surface area contributed by atoms with E-state index in [1.165, 1.54) is 10.9 Å². The molecular weight excluding hydrogens is 261 g/mol. The van der Waals surface area contributed by atoms with Crippen molar-refractivity contribution in [1.29, 1.82) is 0 Å². The number of aromatic nitrogens is 2. The van der Waals surface area contributed by atoms with Crippen molar-refractivity contribution >= 4 is 21.4 Å². The second-order valence-electron chi connectivity index (χ2n) is 4.41. The Balaban J connectivity index is 1.92. The summed E-state index contributed by atoms with van der Waals surface area (Å²) in [5.41, 5.74) is 0. The first-order valence-corrected chi connectivity index (χ1v) is 6.92. The first-order chi connectivity index (χ1) is 9.26. The lowest BCUT2D eigenvalue weighted by molar-refractivity contribution is 0.588. The molecular formula is C14H14FN3S. The molecule has 1 aromatic carbocycles. The first kappa shape index (κ1) is 12.3. The van der Waals surface area contributed by atoms with Crippen molar-refractivity contribution in [1.82, 2.24) is 15.3 Å². The molecule has 2 aromatic heterocycles. The molecule has 0 saturated carbocycles. The van der Waals surface area contributed by atoms with E-state index in [0.29, 0.717) is 0 Å². The summed E-state index contributed by atoms with van der Waals surface area (Å²) in [5, 5.41) is 4.37. The van der Waals surface area contributed by atoms with E-state index < -0.39 is 0 Å². The van der Waals surface area contributed by atoms with E-state index in [-0.39, 0.29) is 11.9 Å². The van der Waals surface area contributed by atoms with Gasteiger partial charge < -0.3 is 10.3 Å². The maximum absolute atomic E-state index is 13.2. The summed E-state index contributed by atoms with van der Waals surface area (Å²) in [7, 11) is 1.93. The SMILES string of the molecule is CNC(Cc1ncc[nH]1)c1cc2ccc(F)cc2s1. The number of thiophene rings is 1. The predicted molar refractivity (Wildman–Crippen MR) is 75.9 cm³/mol. The minimum atomic E-state index is -0.187. The Kier molecular flexibility index (Phi) is 3.31. The van der Waals surface area contributed by atoms with Gasteiger partial charge >= 0.3 is 0 Å². The number of imidazole rings is 1. The van der Waals surface area contributed by atoms with E-state index in [2.05, 4.69) is 21.4 Å². The molecule has 3 nitrogen and oxygen atoms in total. The fourth-order valence-electron chi connectivity index (χ4n) is 2.15. The molecule has 0 aliphatic carbocycles. The third kappa shape index (κ3) is 2.52. The van der Waals surface area contributed by atoms with Crippen molar-refractivity contribution in [2.45, 2.75) is 12.5 Å². The van der Waals surface area contributed by atoms with E-state index in [1.54, 1.807) is 23.6 Å². The van der Waals surface area contributed by atoms with Gasteiger partial charge in [-0.3, -0.25) is 0 Å². The number of rotatable bonds is 4. The highest BCUT2D eigenvalue weighted by atomic mass is 32.1. The van der Waals surface area contributed by atoms with Gasteiger partial charge in [0.05, 0.1) is 0 Å². The van der Waals surface area contributed by atoms with Gasteiger partial charge in [0.2, 0.25) is 0 Å². The van der Waals surface area contributed by atoms with Crippen LogP contribution in [0.15, 0.2) is 36.7 Å². The van der Waals surface area contributed by atoms with Gasteiger partial charge in [0.25, 0.3) is 0 Å². The molecule has 0 aliphatic rings. The van der Waals surface area contributed by atoms with E-state index in [4.69, 9.17) is 0 Å². The van der Waals surface area contributed by atoms with Crippen molar-refractivity contribution in [2.75, 3.05) is 7.05 Å². The number of nitrogens with zero attached hydrogens (tertiary/aromatic N) is 1. The Bertz CT molecular complexity index is 675. The highest BCUT2D eigenvalue weighted by molar-refractivity contribution is 7.19. The van der Waals surface area contributed by atoms with E-state index in [0.717, 1.165) is 22.3 Å². The zero-order valence-corrected chi connectivity index (χ0v) is 11.3. The van der Waals surface area contributed by atoms with Gasteiger partial charge in [-0.1, -0.05) is 6.07 Å². The molecule has 2 heterocycles. The molecule has 3 aromatic rings. The number of likely N-dealkylation sites (N-methyl/N-ethyl adjacent to an activating group) is 1. The molecule has 0 amide bonds. The average molecular weight is 275 g/mol. The van der Waals surface area contributed by atoms with E-state index in [9.17, 15) is 4.39 Å². The lowest BCUT2D eigenvalue weighted by atomic mass is 10.1. The molecule has 3 rings (SSSR count). The van der Waals surface area contributed by atoms with Gasteiger partial charge in [-0.2, -0.15) is 0 Å². The van der Waals surface area contributed by atoms with Crippen LogP contribution in [0.4, 0.5) is 4.39 Å². The van der Waals surface area contributed by atoms with Gasteiger partial charge in [-0.25, -0.2) is 9.37 Å². The maximum Gasteiger partial charge on any atom is 0.124 e.